The van der Waals surface area contributed by atoms with Crippen LogP contribution < -0.4 is 10.0 Å². The number of rotatable bonds is 5. The summed E-state index contributed by atoms with van der Waals surface area (Å²) >= 11 is 3.35. The smallest absolute Gasteiger partial charge is 0.241 e. The van der Waals surface area contributed by atoms with E-state index in [4.69, 9.17) is 0 Å². The molecule has 1 aliphatic rings. The molecule has 1 fully saturated rings. The Morgan fingerprint density at radius 3 is 2.55 bits per heavy atom. The molecule has 0 spiro atoms. The molecule has 2 rings (SSSR count). The van der Waals surface area contributed by atoms with Crippen LogP contribution in [0.4, 0.5) is 0 Å². The molecule has 9 heteroatoms. The van der Waals surface area contributed by atoms with Crippen LogP contribution in [0.5, 0.6) is 0 Å². The average Bonchev–Trinajstić information content (AvgIpc) is 2.42. The fraction of sp³-hybridized carbons (Fsp3) is 0.538. The number of benzene rings is 1. The van der Waals surface area contributed by atoms with Crippen molar-refractivity contribution in [1.29, 1.82) is 0 Å². The summed E-state index contributed by atoms with van der Waals surface area (Å²) in [7, 11) is -3.45. The van der Waals surface area contributed by atoms with E-state index >= 15 is 0 Å². The molecule has 0 amide bonds. The third-order valence-corrected chi connectivity index (χ3v) is 6.19. The Labute approximate surface area is 153 Å². The predicted octanol–water partition coefficient (Wildman–Crippen LogP) is 1.78. The molecule has 0 atom stereocenters. The molecule has 1 aromatic rings. The van der Waals surface area contributed by atoms with Crippen LogP contribution in [0.15, 0.2) is 27.6 Å². The standard InChI is InChI=1S/C13H20BrN3O2S.2ClH/c1-11-3-2-4-12(13(11)14)20(18,19)16-7-10-17-8-5-15-6-9-17;;/h2-4,15-16H,5-10H2,1H3;2*1H. The van der Waals surface area contributed by atoms with E-state index in [2.05, 4.69) is 30.9 Å². The van der Waals surface area contributed by atoms with Gasteiger partial charge in [0.15, 0.2) is 0 Å². The van der Waals surface area contributed by atoms with Crippen molar-refractivity contribution in [3.63, 3.8) is 0 Å². The molecule has 0 saturated carbocycles. The summed E-state index contributed by atoms with van der Waals surface area (Å²) < 4.78 is 27.9. The van der Waals surface area contributed by atoms with E-state index in [0.717, 1.165) is 38.3 Å². The van der Waals surface area contributed by atoms with Crippen LogP contribution in [0, 0.1) is 6.92 Å². The predicted molar refractivity (Wildman–Crippen MR) is 97.9 cm³/mol. The van der Waals surface area contributed by atoms with Crippen molar-refractivity contribution in [2.45, 2.75) is 11.8 Å². The first-order valence-electron chi connectivity index (χ1n) is 6.68. The molecule has 0 bridgehead atoms. The summed E-state index contributed by atoms with van der Waals surface area (Å²) in [6.45, 7) is 6.93. The molecular weight excluding hydrogens is 413 g/mol. The lowest BCUT2D eigenvalue weighted by atomic mass is 10.2. The number of nitrogens with zero attached hydrogens (tertiary/aromatic N) is 1. The lowest BCUT2D eigenvalue weighted by Gasteiger charge is -2.27. The molecule has 2 N–H and O–H groups in total. The fourth-order valence-corrected chi connectivity index (χ4v) is 4.25. The molecule has 128 valence electrons. The summed E-state index contributed by atoms with van der Waals surface area (Å²) in [6.07, 6.45) is 0. The van der Waals surface area contributed by atoms with Gasteiger partial charge < -0.3 is 5.32 Å². The maximum atomic E-state index is 12.3. The summed E-state index contributed by atoms with van der Waals surface area (Å²) in [6, 6.07) is 5.25. The van der Waals surface area contributed by atoms with Crippen molar-refractivity contribution in [3.8, 4) is 0 Å². The maximum Gasteiger partial charge on any atom is 0.241 e. The van der Waals surface area contributed by atoms with E-state index < -0.39 is 10.0 Å². The van der Waals surface area contributed by atoms with Crippen LogP contribution in [0.3, 0.4) is 0 Å². The molecule has 1 heterocycles. The molecule has 0 aliphatic carbocycles. The summed E-state index contributed by atoms with van der Waals surface area (Å²) in [5.41, 5.74) is 0.912. The summed E-state index contributed by atoms with van der Waals surface area (Å²) in [5.74, 6) is 0. The molecule has 1 aromatic carbocycles. The zero-order valence-electron chi connectivity index (χ0n) is 12.3. The SMILES string of the molecule is Cc1cccc(S(=O)(=O)NCCN2CCNCC2)c1Br.Cl.Cl. The quantitative estimate of drug-likeness (QED) is 0.741. The fourth-order valence-electron chi connectivity index (χ4n) is 2.18. The summed E-state index contributed by atoms with van der Waals surface area (Å²) in [4.78, 5) is 2.56. The molecule has 5 nitrogen and oxygen atoms in total. The first-order chi connectivity index (χ1) is 9.50. The van der Waals surface area contributed by atoms with E-state index in [1.165, 1.54) is 0 Å². The van der Waals surface area contributed by atoms with Crippen molar-refractivity contribution >= 4 is 50.8 Å². The zero-order chi connectivity index (χ0) is 14.6. The minimum absolute atomic E-state index is 0. The van der Waals surface area contributed by atoms with E-state index in [1.54, 1.807) is 12.1 Å². The minimum Gasteiger partial charge on any atom is -0.314 e. The lowest BCUT2D eigenvalue weighted by molar-refractivity contribution is 0.245. The van der Waals surface area contributed by atoms with Crippen molar-refractivity contribution in [2.24, 2.45) is 0 Å². The van der Waals surface area contributed by atoms with Gasteiger partial charge in [-0.25, -0.2) is 13.1 Å². The Bertz CT molecular complexity index is 566. The highest BCUT2D eigenvalue weighted by atomic mass is 79.9. The van der Waals surface area contributed by atoms with Crippen LogP contribution in [-0.2, 0) is 10.0 Å². The van der Waals surface area contributed by atoms with Gasteiger partial charge in [0.25, 0.3) is 0 Å². The molecule has 22 heavy (non-hydrogen) atoms. The second-order valence-electron chi connectivity index (χ2n) is 4.88. The van der Waals surface area contributed by atoms with Gasteiger partial charge in [0, 0.05) is 43.7 Å². The maximum absolute atomic E-state index is 12.3. The number of aryl methyl sites for hydroxylation is 1. The molecule has 1 saturated heterocycles. The minimum atomic E-state index is -3.45. The largest absolute Gasteiger partial charge is 0.314 e. The Kier molecular flexibility index (Phi) is 10.1. The number of sulfonamides is 1. The Morgan fingerprint density at radius 2 is 1.91 bits per heavy atom. The van der Waals surface area contributed by atoms with Gasteiger partial charge >= 0.3 is 0 Å². The van der Waals surface area contributed by atoms with Gasteiger partial charge in [0.1, 0.15) is 0 Å². The second kappa shape index (κ2) is 10.1. The molecule has 0 aromatic heterocycles. The molecular formula is C13H22BrCl2N3O2S. The highest BCUT2D eigenvalue weighted by Crippen LogP contribution is 2.24. The molecule has 0 unspecified atom stereocenters. The number of hydrogen-bond acceptors (Lipinski definition) is 4. The highest BCUT2D eigenvalue weighted by molar-refractivity contribution is 9.10. The Morgan fingerprint density at radius 1 is 1.27 bits per heavy atom. The normalized spacial score (nSPS) is 15.7. The van der Waals surface area contributed by atoms with Crippen molar-refractivity contribution in [3.05, 3.63) is 28.2 Å². The van der Waals surface area contributed by atoms with Crippen LogP contribution in [0.25, 0.3) is 0 Å². The van der Waals surface area contributed by atoms with Gasteiger partial charge in [-0.05, 0) is 34.5 Å². The van der Waals surface area contributed by atoms with Crippen LogP contribution in [-0.4, -0.2) is 52.6 Å². The van der Waals surface area contributed by atoms with E-state index in [0.29, 0.717) is 15.9 Å². The Balaban J connectivity index is 0.00000220. The third-order valence-electron chi connectivity index (χ3n) is 3.38. The first-order valence-corrected chi connectivity index (χ1v) is 8.96. The second-order valence-corrected chi connectivity index (χ2v) is 7.40. The molecule has 0 radical (unpaired) electrons. The average molecular weight is 435 g/mol. The van der Waals surface area contributed by atoms with Gasteiger partial charge in [-0.3, -0.25) is 4.90 Å². The van der Waals surface area contributed by atoms with Crippen LogP contribution >= 0.6 is 40.7 Å². The number of hydrogen-bond donors (Lipinski definition) is 2. The van der Waals surface area contributed by atoms with Gasteiger partial charge in [-0.1, -0.05) is 12.1 Å². The topological polar surface area (TPSA) is 61.4 Å². The van der Waals surface area contributed by atoms with Crippen molar-refractivity contribution in [1.82, 2.24) is 14.9 Å². The number of nitrogens with one attached hydrogen (secondary N) is 2. The van der Waals surface area contributed by atoms with Crippen molar-refractivity contribution < 1.29 is 8.42 Å². The van der Waals surface area contributed by atoms with Gasteiger partial charge in [-0.2, -0.15) is 0 Å². The third kappa shape index (κ3) is 5.96. The summed E-state index contributed by atoms with van der Waals surface area (Å²) in [5, 5.41) is 3.27. The Hall–Kier alpha value is 0.110. The number of piperazine rings is 1. The highest BCUT2D eigenvalue weighted by Gasteiger charge is 2.18. The van der Waals surface area contributed by atoms with Gasteiger partial charge in [-0.15, -0.1) is 24.8 Å². The monoisotopic (exact) mass is 433 g/mol. The van der Waals surface area contributed by atoms with Crippen LogP contribution in [0.2, 0.25) is 0 Å². The van der Waals surface area contributed by atoms with E-state index in [1.807, 2.05) is 13.0 Å². The number of halogens is 3. The van der Waals surface area contributed by atoms with Gasteiger partial charge in [0.05, 0.1) is 4.90 Å². The van der Waals surface area contributed by atoms with E-state index in [-0.39, 0.29) is 24.8 Å². The first kappa shape index (κ1) is 22.1. The van der Waals surface area contributed by atoms with Gasteiger partial charge in [0.2, 0.25) is 10.0 Å². The molecule has 1 aliphatic heterocycles. The van der Waals surface area contributed by atoms with E-state index in [9.17, 15) is 8.42 Å². The van der Waals surface area contributed by atoms with Crippen LogP contribution in [0.1, 0.15) is 5.56 Å². The zero-order valence-corrected chi connectivity index (χ0v) is 16.4. The lowest BCUT2D eigenvalue weighted by Crippen LogP contribution is -2.46. The van der Waals surface area contributed by atoms with Crippen molar-refractivity contribution in [2.75, 3.05) is 39.3 Å².